The van der Waals surface area contributed by atoms with E-state index in [4.69, 9.17) is 9.47 Å². The van der Waals surface area contributed by atoms with Crippen molar-refractivity contribution in [3.8, 4) is 5.75 Å². The molecule has 1 unspecified atom stereocenters. The van der Waals surface area contributed by atoms with Crippen molar-refractivity contribution in [3.05, 3.63) is 149 Å². The third-order valence-electron chi connectivity index (χ3n) is 6.40. The highest BCUT2D eigenvalue weighted by Crippen LogP contribution is 2.32. The number of nitro groups is 1. The molecule has 0 bridgehead atoms. The van der Waals surface area contributed by atoms with Crippen LogP contribution < -0.4 is 19.6 Å². The number of nitro benzene ring substituents is 1. The van der Waals surface area contributed by atoms with E-state index in [1.807, 2.05) is 42.5 Å². The van der Waals surface area contributed by atoms with Crippen molar-refractivity contribution in [3.63, 3.8) is 0 Å². The van der Waals surface area contributed by atoms with Gasteiger partial charge in [0.15, 0.2) is 4.80 Å². The van der Waals surface area contributed by atoms with Gasteiger partial charge in [-0.3, -0.25) is 19.5 Å². The molecule has 1 atom stereocenters. The maximum absolute atomic E-state index is 13.8. The van der Waals surface area contributed by atoms with E-state index in [0.717, 1.165) is 16.9 Å². The number of rotatable bonds is 9. The second kappa shape index (κ2) is 12.0. The quantitative estimate of drug-likeness (QED) is 0.128. The standard InChI is InChI=1S/C31H25N3O6S/c1-3-16-39-30(36)27-20(2)32-31-33(29(35)26(41-31)18-22-10-7-11-24(17-22)34(37)38)28(27)23-12-14-25(15-13-23)40-19-21-8-5-4-6-9-21/h3-15,17-18,28H,1,16,19H2,2H3/b26-18-. The van der Waals surface area contributed by atoms with Crippen LogP contribution in [0.5, 0.6) is 5.75 Å². The van der Waals surface area contributed by atoms with Crippen LogP contribution in [0.15, 0.2) is 113 Å². The van der Waals surface area contributed by atoms with Crippen LogP contribution in [-0.2, 0) is 16.1 Å². The van der Waals surface area contributed by atoms with Crippen molar-refractivity contribution in [2.45, 2.75) is 19.6 Å². The number of carbonyl (C=O) groups excluding carboxylic acids is 1. The minimum absolute atomic E-state index is 0.00576. The fraction of sp³-hybridized carbons (Fsp3) is 0.129. The van der Waals surface area contributed by atoms with Gasteiger partial charge in [0.2, 0.25) is 0 Å². The Hall–Kier alpha value is -5.09. The Balaban J connectivity index is 1.57. The highest BCUT2D eigenvalue weighted by molar-refractivity contribution is 7.07. The lowest BCUT2D eigenvalue weighted by Gasteiger charge is -2.24. The average molecular weight is 568 g/mol. The molecule has 10 heteroatoms. The molecule has 1 aliphatic heterocycles. The molecule has 1 aliphatic rings. The van der Waals surface area contributed by atoms with E-state index >= 15 is 0 Å². The first-order valence-corrected chi connectivity index (χ1v) is 13.5. The van der Waals surface area contributed by atoms with Gasteiger partial charge in [0.1, 0.15) is 19.0 Å². The Kier molecular flexibility index (Phi) is 8.02. The maximum atomic E-state index is 13.8. The van der Waals surface area contributed by atoms with Gasteiger partial charge in [0.05, 0.1) is 26.8 Å². The van der Waals surface area contributed by atoms with Crippen LogP contribution in [0.25, 0.3) is 6.08 Å². The molecule has 0 fully saturated rings. The van der Waals surface area contributed by atoms with Gasteiger partial charge < -0.3 is 9.47 Å². The lowest BCUT2D eigenvalue weighted by atomic mass is 9.96. The summed E-state index contributed by atoms with van der Waals surface area (Å²) in [6.07, 6.45) is 3.05. The van der Waals surface area contributed by atoms with Crippen molar-refractivity contribution in [1.29, 1.82) is 0 Å². The molecule has 2 heterocycles. The Bertz CT molecular complexity index is 1840. The molecular weight excluding hydrogens is 542 g/mol. The molecule has 0 amide bonds. The predicted molar refractivity (Wildman–Crippen MR) is 155 cm³/mol. The van der Waals surface area contributed by atoms with Crippen LogP contribution in [0.4, 0.5) is 5.69 Å². The number of aromatic nitrogens is 1. The van der Waals surface area contributed by atoms with E-state index < -0.39 is 16.9 Å². The summed E-state index contributed by atoms with van der Waals surface area (Å²) in [5.74, 6) is 0.0284. The molecule has 5 rings (SSSR count). The first-order valence-electron chi connectivity index (χ1n) is 12.7. The zero-order valence-electron chi connectivity index (χ0n) is 22.1. The normalized spacial score (nSPS) is 14.7. The van der Waals surface area contributed by atoms with Gasteiger partial charge in [0, 0.05) is 12.1 Å². The summed E-state index contributed by atoms with van der Waals surface area (Å²) in [4.78, 5) is 42.7. The Morgan fingerprint density at radius 2 is 1.88 bits per heavy atom. The molecule has 206 valence electrons. The monoisotopic (exact) mass is 567 g/mol. The Morgan fingerprint density at radius 1 is 1.12 bits per heavy atom. The summed E-state index contributed by atoms with van der Waals surface area (Å²) in [6.45, 7) is 5.70. The van der Waals surface area contributed by atoms with Crippen molar-refractivity contribution >= 4 is 29.1 Å². The van der Waals surface area contributed by atoms with Crippen LogP contribution >= 0.6 is 11.3 Å². The largest absolute Gasteiger partial charge is 0.489 e. The minimum Gasteiger partial charge on any atom is -0.489 e. The van der Waals surface area contributed by atoms with Gasteiger partial charge in [-0.2, -0.15) is 0 Å². The third kappa shape index (κ3) is 5.92. The number of benzene rings is 3. The summed E-state index contributed by atoms with van der Waals surface area (Å²) in [5.41, 5.74) is 2.40. The number of non-ortho nitro benzene ring substituents is 1. The molecule has 0 spiro atoms. The highest BCUT2D eigenvalue weighted by atomic mass is 32.1. The Labute approximate surface area is 238 Å². The topological polar surface area (TPSA) is 113 Å². The zero-order valence-corrected chi connectivity index (χ0v) is 22.9. The lowest BCUT2D eigenvalue weighted by Crippen LogP contribution is -2.39. The number of esters is 1. The Morgan fingerprint density at radius 3 is 2.59 bits per heavy atom. The molecule has 0 saturated heterocycles. The number of hydrogen-bond acceptors (Lipinski definition) is 8. The molecule has 1 aromatic heterocycles. The first kappa shape index (κ1) is 27.5. The maximum Gasteiger partial charge on any atom is 0.338 e. The number of ether oxygens (including phenoxy) is 2. The van der Waals surface area contributed by atoms with Gasteiger partial charge in [-0.1, -0.05) is 78.6 Å². The van der Waals surface area contributed by atoms with Gasteiger partial charge in [-0.15, -0.1) is 0 Å². The SMILES string of the molecule is C=CCOC(=O)C1=C(C)N=c2s/c(=C\c3cccc([N+](=O)[O-])c3)c(=O)n2C1c1ccc(OCc2ccccc2)cc1. The number of nitrogens with zero attached hydrogens (tertiary/aromatic N) is 3. The van der Waals surface area contributed by atoms with Crippen LogP contribution in [0.2, 0.25) is 0 Å². The molecule has 0 N–H and O–H groups in total. The van der Waals surface area contributed by atoms with Crippen molar-refractivity contribution in [2.75, 3.05) is 6.61 Å². The predicted octanol–water partition coefficient (Wildman–Crippen LogP) is 4.45. The van der Waals surface area contributed by atoms with Crippen molar-refractivity contribution in [2.24, 2.45) is 4.99 Å². The molecular formula is C31H25N3O6S. The van der Waals surface area contributed by atoms with Crippen molar-refractivity contribution < 1.29 is 19.2 Å². The number of fused-ring (bicyclic) bond motifs is 1. The number of thiazole rings is 1. The fourth-order valence-corrected chi connectivity index (χ4v) is 5.52. The highest BCUT2D eigenvalue weighted by Gasteiger charge is 2.33. The third-order valence-corrected chi connectivity index (χ3v) is 7.38. The van der Waals surface area contributed by atoms with E-state index in [1.165, 1.54) is 22.8 Å². The number of carbonyl (C=O) groups is 1. The molecule has 9 nitrogen and oxygen atoms in total. The smallest absolute Gasteiger partial charge is 0.338 e. The zero-order chi connectivity index (χ0) is 28.9. The number of allylic oxidation sites excluding steroid dienone is 1. The molecule has 0 radical (unpaired) electrons. The van der Waals surface area contributed by atoms with Crippen LogP contribution in [0.3, 0.4) is 0 Å². The molecule has 0 aliphatic carbocycles. The van der Waals surface area contributed by atoms with E-state index in [0.29, 0.717) is 38.5 Å². The lowest BCUT2D eigenvalue weighted by molar-refractivity contribution is -0.384. The van der Waals surface area contributed by atoms with E-state index in [1.54, 1.807) is 37.3 Å². The summed E-state index contributed by atoms with van der Waals surface area (Å²) < 4.78 is 13.1. The van der Waals surface area contributed by atoms with Gasteiger partial charge >= 0.3 is 5.97 Å². The van der Waals surface area contributed by atoms with Crippen molar-refractivity contribution in [1.82, 2.24) is 4.57 Å². The molecule has 4 aromatic rings. The van der Waals surface area contributed by atoms with E-state index in [-0.39, 0.29) is 23.4 Å². The summed E-state index contributed by atoms with van der Waals surface area (Å²) in [7, 11) is 0. The summed E-state index contributed by atoms with van der Waals surface area (Å²) in [5, 5.41) is 11.2. The second-order valence-electron chi connectivity index (χ2n) is 9.16. The van der Waals surface area contributed by atoms with Gasteiger partial charge in [0.25, 0.3) is 11.2 Å². The van der Waals surface area contributed by atoms with Gasteiger partial charge in [-0.05, 0) is 41.8 Å². The van der Waals surface area contributed by atoms with E-state index in [9.17, 15) is 19.7 Å². The van der Waals surface area contributed by atoms with Crippen LogP contribution in [0.1, 0.15) is 29.7 Å². The minimum atomic E-state index is -0.806. The van der Waals surface area contributed by atoms with Crippen LogP contribution in [-0.4, -0.2) is 22.1 Å². The molecule has 0 saturated carbocycles. The number of hydrogen-bond donors (Lipinski definition) is 0. The summed E-state index contributed by atoms with van der Waals surface area (Å²) in [6, 6.07) is 22.2. The molecule has 41 heavy (non-hydrogen) atoms. The first-order chi connectivity index (χ1) is 19.9. The van der Waals surface area contributed by atoms with Gasteiger partial charge in [-0.25, -0.2) is 9.79 Å². The fourth-order valence-electron chi connectivity index (χ4n) is 4.48. The van der Waals surface area contributed by atoms with Crippen LogP contribution in [0, 0.1) is 10.1 Å². The second-order valence-corrected chi connectivity index (χ2v) is 10.2. The summed E-state index contributed by atoms with van der Waals surface area (Å²) >= 11 is 1.14. The molecule has 3 aromatic carbocycles. The average Bonchev–Trinajstić information content (AvgIpc) is 3.28. The van der Waals surface area contributed by atoms with E-state index in [2.05, 4.69) is 11.6 Å².